The van der Waals surface area contributed by atoms with E-state index in [1.807, 2.05) is 12.1 Å². The van der Waals surface area contributed by atoms with Gasteiger partial charge in [-0.05, 0) is 17.7 Å². The van der Waals surface area contributed by atoms with Crippen molar-refractivity contribution in [2.75, 3.05) is 20.2 Å². The highest BCUT2D eigenvalue weighted by Gasteiger charge is 2.24. The van der Waals surface area contributed by atoms with Crippen molar-refractivity contribution in [3.05, 3.63) is 29.8 Å². The van der Waals surface area contributed by atoms with Gasteiger partial charge in [0.05, 0.1) is 7.11 Å². The molecule has 1 heterocycles. The van der Waals surface area contributed by atoms with Crippen molar-refractivity contribution < 1.29 is 4.74 Å². The fraction of sp³-hybridized carbons (Fsp3) is 0.455. The SMILES string of the molecule is COc1ccc(C2CNCC2N)cc1. The molecule has 2 unspecified atom stereocenters. The van der Waals surface area contributed by atoms with Crippen LogP contribution in [0.1, 0.15) is 11.5 Å². The molecule has 1 aliphatic rings. The number of hydrogen-bond donors (Lipinski definition) is 2. The third kappa shape index (κ3) is 1.74. The summed E-state index contributed by atoms with van der Waals surface area (Å²) in [4.78, 5) is 0. The van der Waals surface area contributed by atoms with Gasteiger partial charge in [0.15, 0.2) is 0 Å². The summed E-state index contributed by atoms with van der Waals surface area (Å²) >= 11 is 0. The maximum atomic E-state index is 5.99. The molecule has 1 saturated heterocycles. The third-order valence-corrected chi connectivity index (χ3v) is 2.81. The molecule has 2 rings (SSSR count). The van der Waals surface area contributed by atoms with Gasteiger partial charge in [-0.1, -0.05) is 12.1 Å². The largest absolute Gasteiger partial charge is 0.497 e. The standard InChI is InChI=1S/C11H16N2O/c1-14-9-4-2-8(3-5-9)10-6-13-7-11(10)12/h2-5,10-11,13H,6-7,12H2,1H3. The summed E-state index contributed by atoms with van der Waals surface area (Å²) in [5.74, 6) is 1.34. The van der Waals surface area contributed by atoms with Crippen molar-refractivity contribution in [3.63, 3.8) is 0 Å². The van der Waals surface area contributed by atoms with Crippen LogP contribution in [0, 0.1) is 0 Å². The highest BCUT2D eigenvalue weighted by molar-refractivity contribution is 5.31. The summed E-state index contributed by atoms with van der Waals surface area (Å²) in [6, 6.07) is 8.40. The third-order valence-electron chi connectivity index (χ3n) is 2.81. The van der Waals surface area contributed by atoms with Crippen molar-refractivity contribution in [2.45, 2.75) is 12.0 Å². The van der Waals surface area contributed by atoms with Crippen molar-refractivity contribution in [1.82, 2.24) is 5.32 Å². The Kier molecular flexibility index (Phi) is 2.70. The molecule has 14 heavy (non-hydrogen) atoms. The molecule has 2 atom stereocenters. The van der Waals surface area contributed by atoms with Gasteiger partial charge in [0.25, 0.3) is 0 Å². The minimum atomic E-state index is 0.239. The quantitative estimate of drug-likeness (QED) is 0.725. The van der Waals surface area contributed by atoms with Crippen molar-refractivity contribution in [1.29, 1.82) is 0 Å². The summed E-state index contributed by atoms with van der Waals surface area (Å²) in [5.41, 5.74) is 7.28. The van der Waals surface area contributed by atoms with E-state index in [0.717, 1.165) is 18.8 Å². The lowest BCUT2D eigenvalue weighted by molar-refractivity contribution is 0.414. The van der Waals surface area contributed by atoms with Gasteiger partial charge in [0.1, 0.15) is 5.75 Å². The number of nitrogens with one attached hydrogen (secondary N) is 1. The molecule has 0 bridgehead atoms. The smallest absolute Gasteiger partial charge is 0.118 e. The van der Waals surface area contributed by atoms with Gasteiger partial charge in [-0.3, -0.25) is 0 Å². The predicted octanol–water partition coefficient (Wildman–Crippen LogP) is 0.709. The fourth-order valence-electron chi connectivity index (χ4n) is 1.92. The number of ether oxygens (including phenoxy) is 1. The maximum absolute atomic E-state index is 5.99. The van der Waals surface area contributed by atoms with Crippen LogP contribution in [0.15, 0.2) is 24.3 Å². The van der Waals surface area contributed by atoms with Gasteiger partial charge in [-0.25, -0.2) is 0 Å². The molecule has 0 aromatic heterocycles. The fourth-order valence-corrected chi connectivity index (χ4v) is 1.92. The summed E-state index contributed by atoms with van der Waals surface area (Å²) in [6.45, 7) is 1.89. The van der Waals surface area contributed by atoms with E-state index in [1.165, 1.54) is 5.56 Å². The number of nitrogens with two attached hydrogens (primary N) is 1. The first-order valence-corrected chi connectivity index (χ1v) is 4.91. The van der Waals surface area contributed by atoms with Gasteiger partial charge in [0, 0.05) is 25.0 Å². The molecule has 0 spiro atoms. The van der Waals surface area contributed by atoms with Crippen LogP contribution in [0.3, 0.4) is 0 Å². The monoisotopic (exact) mass is 192 g/mol. The van der Waals surface area contributed by atoms with E-state index in [9.17, 15) is 0 Å². The molecule has 0 aliphatic carbocycles. The van der Waals surface area contributed by atoms with Crippen molar-refractivity contribution >= 4 is 0 Å². The Morgan fingerprint density at radius 1 is 1.29 bits per heavy atom. The summed E-state index contributed by atoms with van der Waals surface area (Å²) in [6.07, 6.45) is 0. The minimum Gasteiger partial charge on any atom is -0.497 e. The van der Waals surface area contributed by atoms with E-state index in [0.29, 0.717) is 5.92 Å². The molecule has 0 amide bonds. The molecule has 0 radical (unpaired) electrons. The number of hydrogen-bond acceptors (Lipinski definition) is 3. The Balaban J connectivity index is 2.16. The van der Waals surface area contributed by atoms with Crippen LogP contribution in [0.2, 0.25) is 0 Å². The van der Waals surface area contributed by atoms with E-state index in [4.69, 9.17) is 10.5 Å². The molecule has 0 saturated carbocycles. The maximum Gasteiger partial charge on any atom is 0.118 e. The zero-order valence-electron chi connectivity index (χ0n) is 8.36. The lowest BCUT2D eigenvalue weighted by Gasteiger charge is -2.14. The van der Waals surface area contributed by atoms with Crippen LogP contribution >= 0.6 is 0 Å². The number of rotatable bonds is 2. The second kappa shape index (κ2) is 3.98. The van der Waals surface area contributed by atoms with Crippen LogP contribution in [0.5, 0.6) is 5.75 Å². The molecule has 1 fully saturated rings. The van der Waals surface area contributed by atoms with Gasteiger partial charge in [0.2, 0.25) is 0 Å². The van der Waals surface area contributed by atoms with Crippen LogP contribution in [-0.2, 0) is 0 Å². The summed E-state index contributed by atoms with van der Waals surface area (Å²) in [5, 5.41) is 3.29. The minimum absolute atomic E-state index is 0.239. The molecular formula is C11H16N2O. The van der Waals surface area contributed by atoms with Gasteiger partial charge < -0.3 is 15.8 Å². The molecule has 1 aliphatic heterocycles. The van der Waals surface area contributed by atoms with Crippen molar-refractivity contribution in [2.24, 2.45) is 5.73 Å². The zero-order chi connectivity index (χ0) is 9.97. The van der Waals surface area contributed by atoms with E-state index in [-0.39, 0.29) is 6.04 Å². The molecule has 1 aromatic rings. The average molecular weight is 192 g/mol. The highest BCUT2D eigenvalue weighted by Crippen LogP contribution is 2.23. The Morgan fingerprint density at radius 3 is 2.50 bits per heavy atom. The predicted molar refractivity (Wildman–Crippen MR) is 56.6 cm³/mol. The normalized spacial score (nSPS) is 26.4. The van der Waals surface area contributed by atoms with Crippen LogP contribution in [0.25, 0.3) is 0 Å². The Bertz CT molecular complexity index is 297. The van der Waals surface area contributed by atoms with Gasteiger partial charge >= 0.3 is 0 Å². The summed E-state index contributed by atoms with van der Waals surface area (Å²) < 4.78 is 5.11. The first-order chi connectivity index (χ1) is 6.81. The second-order valence-corrected chi connectivity index (χ2v) is 3.70. The Labute approximate surface area is 84.3 Å². The van der Waals surface area contributed by atoms with E-state index < -0.39 is 0 Å². The number of benzene rings is 1. The van der Waals surface area contributed by atoms with Crippen LogP contribution < -0.4 is 15.8 Å². The van der Waals surface area contributed by atoms with Gasteiger partial charge in [-0.15, -0.1) is 0 Å². The Hall–Kier alpha value is -1.06. The zero-order valence-corrected chi connectivity index (χ0v) is 8.36. The lowest BCUT2D eigenvalue weighted by Crippen LogP contribution is -2.27. The van der Waals surface area contributed by atoms with E-state index in [2.05, 4.69) is 17.4 Å². The molecule has 1 aromatic carbocycles. The molecule has 3 N–H and O–H groups in total. The van der Waals surface area contributed by atoms with Gasteiger partial charge in [-0.2, -0.15) is 0 Å². The second-order valence-electron chi connectivity index (χ2n) is 3.70. The molecule has 76 valence electrons. The van der Waals surface area contributed by atoms with E-state index in [1.54, 1.807) is 7.11 Å². The average Bonchev–Trinajstić information content (AvgIpc) is 2.65. The lowest BCUT2D eigenvalue weighted by atomic mass is 9.95. The summed E-state index contributed by atoms with van der Waals surface area (Å²) in [7, 11) is 1.68. The molecular weight excluding hydrogens is 176 g/mol. The van der Waals surface area contributed by atoms with Crippen molar-refractivity contribution in [3.8, 4) is 5.75 Å². The first kappa shape index (κ1) is 9.49. The van der Waals surface area contributed by atoms with E-state index >= 15 is 0 Å². The first-order valence-electron chi connectivity index (χ1n) is 4.91. The Morgan fingerprint density at radius 2 is 2.00 bits per heavy atom. The highest BCUT2D eigenvalue weighted by atomic mass is 16.5. The van der Waals surface area contributed by atoms with Crippen LogP contribution in [0.4, 0.5) is 0 Å². The number of methoxy groups -OCH3 is 1. The molecule has 3 nitrogen and oxygen atoms in total. The topological polar surface area (TPSA) is 47.3 Å². The molecule has 3 heteroatoms. The van der Waals surface area contributed by atoms with Crippen LogP contribution in [-0.4, -0.2) is 26.2 Å².